The van der Waals surface area contributed by atoms with Crippen molar-refractivity contribution in [1.29, 1.82) is 0 Å². The number of rotatable bonds is 7. The molecular weight excluding hydrogens is 412 g/mol. The number of ether oxygens (including phenoxy) is 2. The standard InChI is InChI=1S/C24H22N2O4S/c1-2-29-24(28)20-21(30-15-17-6-4-3-5-7-17)23(27)26(19-12-13-31-22(19)20)14-16-8-10-18(25)11-9-16/h3-13H,2,14-15,25H2,1H3. The molecule has 4 aromatic rings. The molecule has 0 aliphatic rings. The molecule has 2 aromatic carbocycles. The summed E-state index contributed by atoms with van der Waals surface area (Å²) in [7, 11) is 0. The summed E-state index contributed by atoms with van der Waals surface area (Å²) in [5.41, 5.74) is 8.73. The maximum atomic E-state index is 13.5. The number of hydrogen-bond donors (Lipinski definition) is 1. The van der Waals surface area contributed by atoms with E-state index in [-0.39, 0.29) is 30.1 Å². The molecule has 31 heavy (non-hydrogen) atoms. The third kappa shape index (κ3) is 4.32. The first-order chi connectivity index (χ1) is 15.1. The van der Waals surface area contributed by atoms with E-state index in [4.69, 9.17) is 15.2 Å². The summed E-state index contributed by atoms with van der Waals surface area (Å²) in [6, 6.07) is 18.7. The number of esters is 1. The maximum absolute atomic E-state index is 13.5. The first-order valence-corrected chi connectivity index (χ1v) is 10.8. The van der Waals surface area contributed by atoms with Gasteiger partial charge < -0.3 is 15.2 Å². The van der Waals surface area contributed by atoms with Crippen LogP contribution in [-0.4, -0.2) is 17.1 Å². The number of nitrogens with zero attached hydrogens (tertiary/aromatic N) is 1. The van der Waals surface area contributed by atoms with Crippen LogP contribution in [0.25, 0.3) is 10.2 Å². The molecule has 4 rings (SSSR count). The summed E-state index contributed by atoms with van der Waals surface area (Å²) in [4.78, 5) is 26.3. The van der Waals surface area contributed by atoms with Crippen LogP contribution in [0.3, 0.4) is 0 Å². The smallest absolute Gasteiger partial charge is 0.343 e. The largest absolute Gasteiger partial charge is 0.482 e. The summed E-state index contributed by atoms with van der Waals surface area (Å²) in [6.45, 7) is 2.44. The van der Waals surface area contributed by atoms with Crippen molar-refractivity contribution in [2.45, 2.75) is 20.1 Å². The van der Waals surface area contributed by atoms with Gasteiger partial charge >= 0.3 is 5.97 Å². The van der Waals surface area contributed by atoms with Crippen molar-refractivity contribution in [3.63, 3.8) is 0 Å². The van der Waals surface area contributed by atoms with Crippen LogP contribution in [0.1, 0.15) is 28.4 Å². The average Bonchev–Trinajstić information content (AvgIpc) is 3.26. The molecule has 0 saturated heterocycles. The molecule has 0 aliphatic heterocycles. The molecule has 6 nitrogen and oxygen atoms in total. The van der Waals surface area contributed by atoms with Gasteiger partial charge in [-0.15, -0.1) is 11.3 Å². The van der Waals surface area contributed by atoms with Gasteiger partial charge in [-0.3, -0.25) is 9.36 Å². The minimum Gasteiger partial charge on any atom is -0.482 e. The minimum atomic E-state index is -0.560. The van der Waals surface area contributed by atoms with Gasteiger partial charge in [0.15, 0.2) is 0 Å². The van der Waals surface area contributed by atoms with Gasteiger partial charge in [-0.1, -0.05) is 42.5 Å². The Bertz CT molecular complexity index is 1260. The highest BCUT2D eigenvalue weighted by atomic mass is 32.1. The number of carbonyl (C=O) groups excluding carboxylic acids is 1. The van der Waals surface area contributed by atoms with Gasteiger partial charge in [0.25, 0.3) is 5.56 Å². The number of pyridine rings is 1. The van der Waals surface area contributed by atoms with E-state index in [2.05, 4.69) is 0 Å². The maximum Gasteiger partial charge on any atom is 0.343 e. The molecule has 7 heteroatoms. The number of anilines is 1. The Balaban J connectivity index is 1.84. The molecule has 2 aromatic heterocycles. The highest BCUT2D eigenvalue weighted by Gasteiger charge is 2.25. The van der Waals surface area contributed by atoms with Crippen LogP contribution in [0.5, 0.6) is 5.75 Å². The lowest BCUT2D eigenvalue weighted by molar-refractivity contribution is 0.0523. The van der Waals surface area contributed by atoms with Gasteiger partial charge in [-0.25, -0.2) is 4.79 Å². The molecule has 0 bridgehead atoms. The Kier molecular flexibility index (Phi) is 6.04. The van der Waals surface area contributed by atoms with E-state index >= 15 is 0 Å². The molecule has 0 fully saturated rings. The van der Waals surface area contributed by atoms with Gasteiger partial charge in [0.05, 0.1) is 23.4 Å². The number of hydrogen-bond acceptors (Lipinski definition) is 6. The van der Waals surface area contributed by atoms with E-state index in [1.165, 1.54) is 11.3 Å². The predicted octanol–water partition coefficient (Wildman–Crippen LogP) is 4.45. The van der Waals surface area contributed by atoms with E-state index in [0.717, 1.165) is 11.1 Å². The van der Waals surface area contributed by atoms with E-state index in [1.807, 2.05) is 53.9 Å². The molecule has 0 aliphatic carbocycles. The number of nitrogen functional groups attached to an aromatic ring is 1. The normalized spacial score (nSPS) is 10.9. The average molecular weight is 435 g/mol. The Morgan fingerprint density at radius 2 is 1.77 bits per heavy atom. The highest BCUT2D eigenvalue weighted by Crippen LogP contribution is 2.31. The highest BCUT2D eigenvalue weighted by molar-refractivity contribution is 7.17. The molecule has 0 unspecified atom stereocenters. The zero-order valence-corrected chi connectivity index (χ0v) is 17.9. The van der Waals surface area contributed by atoms with Gasteiger partial charge in [-0.05, 0) is 41.6 Å². The monoisotopic (exact) mass is 434 g/mol. The first kappa shape index (κ1) is 20.7. The van der Waals surface area contributed by atoms with Crippen LogP contribution in [-0.2, 0) is 17.9 Å². The quantitative estimate of drug-likeness (QED) is 0.343. The number of aromatic nitrogens is 1. The van der Waals surface area contributed by atoms with Crippen molar-refractivity contribution in [1.82, 2.24) is 4.57 Å². The van der Waals surface area contributed by atoms with Crippen molar-refractivity contribution >= 4 is 33.2 Å². The van der Waals surface area contributed by atoms with Crippen molar-refractivity contribution in [3.8, 4) is 5.75 Å². The lowest BCUT2D eigenvalue weighted by atomic mass is 10.1. The second-order valence-corrected chi connectivity index (χ2v) is 7.88. The number of benzene rings is 2. The van der Waals surface area contributed by atoms with Gasteiger partial charge in [0.1, 0.15) is 12.2 Å². The fraction of sp³-hybridized carbons (Fsp3) is 0.167. The van der Waals surface area contributed by atoms with E-state index < -0.39 is 5.97 Å². The van der Waals surface area contributed by atoms with E-state index in [1.54, 1.807) is 23.6 Å². The van der Waals surface area contributed by atoms with E-state index in [0.29, 0.717) is 22.4 Å². The Morgan fingerprint density at radius 3 is 2.48 bits per heavy atom. The Morgan fingerprint density at radius 1 is 1.03 bits per heavy atom. The van der Waals surface area contributed by atoms with Crippen LogP contribution in [0.15, 0.2) is 70.8 Å². The van der Waals surface area contributed by atoms with E-state index in [9.17, 15) is 9.59 Å². The second kappa shape index (κ2) is 9.06. The molecule has 0 spiro atoms. The second-order valence-electron chi connectivity index (χ2n) is 6.97. The molecule has 0 atom stereocenters. The zero-order chi connectivity index (χ0) is 21.8. The third-order valence-electron chi connectivity index (χ3n) is 4.85. The number of carbonyl (C=O) groups is 1. The molecule has 0 saturated carbocycles. The lowest BCUT2D eigenvalue weighted by Crippen LogP contribution is -2.26. The molecule has 0 radical (unpaired) electrons. The summed E-state index contributed by atoms with van der Waals surface area (Å²) < 4.78 is 13.5. The number of fused-ring (bicyclic) bond motifs is 1. The van der Waals surface area contributed by atoms with Crippen LogP contribution in [0, 0.1) is 0 Å². The molecule has 2 heterocycles. The van der Waals surface area contributed by atoms with Crippen LogP contribution in [0.2, 0.25) is 0 Å². The fourth-order valence-electron chi connectivity index (χ4n) is 3.36. The molecule has 0 amide bonds. The van der Waals surface area contributed by atoms with Crippen LogP contribution >= 0.6 is 11.3 Å². The molecular formula is C24H22N2O4S. The van der Waals surface area contributed by atoms with Gasteiger partial charge in [0, 0.05) is 5.69 Å². The number of thiophene rings is 1. The minimum absolute atomic E-state index is 0.00713. The topological polar surface area (TPSA) is 83.5 Å². The number of nitrogens with two attached hydrogens (primary N) is 1. The third-order valence-corrected chi connectivity index (χ3v) is 5.78. The van der Waals surface area contributed by atoms with Crippen LogP contribution < -0.4 is 16.0 Å². The van der Waals surface area contributed by atoms with Crippen LogP contribution in [0.4, 0.5) is 5.69 Å². The summed E-state index contributed by atoms with van der Waals surface area (Å²) >= 11 is 1.38. The Labute approximate surface area is 183 Å². The van der Waals surface area contributed by atoms with Gasteiger partial charge in [-0.2, -0.15) is 0 Å². The first-order valence-electron chi connectivity index (χ1n) is 9.90. The molecule has 2 N–H and O–H groups in total. The van der Waals surface area contributed by atoms with Crippen molar-refractivity contribution in [2.75, 3.05) is 12.3 Å². The SMILES string of the molecule is CCOC(=O)c1c(OCc2ccccc2)c(=O)n(Cc2ccc(N)cc2)c2ccsc12. The summed E-state index contributed by atoms with van der Waals surface area (Å²) in [5.74, 6) is -0.553. The summed E-state index contributed by atoms with van der Waals surface area (Å²) in [6.07, 6.45) is 0. The Hall–Kier alpha value is -3.58. The van der Waals surface area contributed by atoms with Crippen molar-refractivity contribution in [2.24, 2.45) is 0 Å². The lowest BCUT2D eigenvalue weighted by Gasteiger charge is -2.16. The predicted molar refractivity (Wildman–Crippen MR) is 123 cm³/mol. The summed E-state index contributed by atoms with van der Waals surface area (Å²) in [5, 5.41) is 1.85. The molecule has 158 valence electrons. The fourth-order valence-corrected chi connectivity index (χ4v) is 4.28. The zero-order valence-electron chi connectivity index (χ0n) is 17.0. The van der Waals surface area contributed by atoms with Gasteiger partial charge in [0.2, 0.25) is 5.75 Å². The van der Waals surface area contributed by atoms with Crippen molar-refractivity contribution in [3.05, 3.63) is 93.1 Å². The van der Waals surface area contributed by atoms with Crippen molar-refractivity contribution < 1.29 is 14.3 Å².